The minimum Gasteiger partial charge on any atom is -0.490 e. The molecule has 5 nitrogen and oxygen atoms in total. The van der Waals surface area contributed by atoms with Gasteiger partial charge in [0, 0.05) is 24.8 Å². The highest BCUT2D eigenvalue weighted by Gasteiger charge is 2.13. The molecule has 0 aliphatic heterocycles. The fourth-order valence-electron chi connectivity index (χ4n) is 2.13. The monoisotopic (exact) mass is 349 g/mol. The maximum atomic E-state index is 12.2. The second kappa shape index (κ2) is 7.02. The quantitative estimate of drug-likeness (QED) is 0.687. The lowest BCUT2D eigenvalue weighted by Crippen LogP contribution is -2.32. The van der Waals surface area contributed by atoms with Crippen molar-refractivity contribution in [3.63, 3.8) is 0 Å². The first-order chi connectivity index (χ1) is 11.1. The number of para-hydroxylation sites is 1. The average molecular weight is 350 g/mol. The van der Waals surface area contributed by atoms with Crippen LogP contribution in [0.25, 0.3) is 4.96 Å². The molecule has 0 spiro atoms. The van der Waals surface area contributed by atoms with Crippen LogP contribution in [-0.2, 0) is 11.2 Å². The molecule has 0 bridgehead atoms. The molecule has 1 amide bonds. The van der Waals surface area contributed by atoms with Crippen molar-refractivity contribution < 1.29 is 9.53 Å². The molecule has 0 saturated heterocycles. The number of aromatic nitrogens is 2. The highest BCUT2D eigenvalue weighted by molar-refractivity contribution is 7.15. The number of hydrogen-bond acceptors (Lipinski definition) is 4. The van der Waals surface area contributed by atoms with Crippen molar-refractivity contribution in [2.24, 2.45) is 0 Å². The Bertz CT molecular complexity index is 786. The molecule has 2 aromatic heterocycles. The molecule has 1 aromatic carbocycles. The normalized spacial score (nSPS) is 10.9. The van der Waals surface area contributed by atoms with E-state index in [4.69, 9.17) is 16.3 Å². The first-order valence-electron chi connectivity index (χ1n) is 7.16. The maximum absolute atomic E-state index is 12.2. The van der Waals surface area contributed by atoms with Crippen LogP contribution in [-0.4, -0.2) is 40.4 Å². The van der Waals surface area contributed by atoms with Gasteiger partial charge in [-0.2, -0.15) is 0 Å². The van der Waals surface area contributed by atoms with Crippen molar-refractivity contribution in [2.75, 3.05) is 20.2 Å². The lowest BCUT2D eigenvalue weighted by molar-refractivity contribution is -0.129. The van der Waals surface area contributed by atoms with Gasteiger partial charge in [0.2, 0.25) is 5.91 Å². The fraction of sp³-hybridized carbons (Fsp3) is 0.250. The van der Waals surface area contributed by atoms with Crippen LogP contribution < -0.4 is 4.74 Å². The van der Waals surface area contributed by atoms with Crippen LogP contribution >= 0.6 is 22.9 Å². The second-order valence-corrected chi connectivity index (χ2v) is 6.38. The largest absolute Gasteiger partial charge is 0.490 e. The number of ether oxygens (including phenoxy) is 1. The molecular formula is C16H16ClN3O2S. The number of rotatable bonds is 6. The first-order valence-corrected chi connectivity index (χ1v) is 8.41. The third-order valence-corrected chi connectivity index (χ3v) is 4.51. The molecule has 120 valence electrons. The number of benzene rings is 1. The highest BCUT2D eigenvalue weighted by Crippen LogP contribution is 2.22. The molecule has 0 unspecified atom stereocenters. The summed E-state index contributed by atoms with van der Waals surface area (Å²) in [4.78, 5) is 19.2. The summed E-state index contributed by atoms with van der Waals surface area (Å²) >= 11 is 7.57. The van der Waals surface area contributed by atoms with Gasteiger partial charge in [-0.25, -0.2) is 4.98 Å². The molecular weight excluding hydrogens is 334 g/mol. The van der Waals surface area contributed by atoms with Crippen LogP contribution in [0.4, 0.5) is 0 Å². The number of imidazole rings is 1. The number of amides is 1. The van der Waals surface area contributed by atoms with Gasteiger partial charge in [0.25, 0.3) is 0 Å². The molecule has 7 heteroatoms. The smallest absolute Gasteiger partial charge is 0.228 e. The topological polar surface area (TPSA) is 46.8 Å². The van der Waals surface area contributed by atoms with Crippen molar-refractivity contribution >= 4 is 33.8 Å². The van der Waals surface area contributed by atoms with Gasteiger partial charge in [0.15, 0.2) is 4.96 Å². The summed E-state index contributed by atoms with van der Waals surface area (Å²) in [5.41, 5.74) is 0.778. The van der Waals surface area contributed by atoms with Gasteiger partial charge in [-0.3, -0.25) is 9.20 Å². The number of fused-ring (bicyclic) bond motifs is 1. The molecule has 0 saturated carbocycles. The van der Waals surface area contributed by atoms with Crippen LogP contribution in [0.3, 0.4) is 0 Å². The molecule has 0 radical (unpaired) electrons. The fourth-order valence-corrected chi connectivity index (χ4v) is 3.04. The number of thiazole rings is 1. The molecule has 0 aliphatic rings. The van der Waals surface area contributed by atoms with Crippen molar-refractivity contribution in [3.05, 3.63) is 52.8 Å². The third-order valence-electron chi connectivity index (χ3n) is 3.42. The van der Waals surface area contributed by atoms with E-state index in [9.17, 15) is 4.79 Å². The summed E-state index contributed by atoms with van der Waals surface area (Å²) < 4.78 is 7.52. The Labute approximate surface area is 143 Å². The van der Waals surface area contributed by atoms with Gasteiger partial charge in [0.1, 0.15) is 12.4 Å². The Kier molecular flexibility index (Phi) is 4.83. The van der Waals surface area contributed by atoms with Crippen molar-refractivity contribution in [3.8, 4) is 5.75 Å². The molecule has 3 rings (SSSR count). The third kappa shape index (κ3) is 3.83. The molecule has 3 aromatic rings. The van der Waals surface area contributed by atoms with Crippen LogP contribution in [0.1, 0.15) is 5.69 Å². The van der Waals surface area contributed by atoms with Crippen LogP contribution in [0.15, 0.2) is 42.0 Å². The Morgan fingerprint density at radius 1 is 1.43 bits per heavy atom. The Balaban J connectivity index is 1.49. The van der Waals surface area contributed by atoms with E-state index in [1.54, 1.807) is 29.4 Å². The van der Waals surface area contributed by atoms with E-state index < -0.39 is 0 Å². The van der Waals surface area contributed by atoms with E-state index >= 15 is 0 Å². The van der Waals surface area contributed by atoms with Crippen LogP contribution in [0, 0.1) is 0 Å². The number of carbonyl (C=O) groups is 1. The summed E-state index contributed by atoms with van der Waals surface area (Å²) in [7, 11) is 1.76. The van der Waals surface area contributed by atoms with E-state index in [1.165, 1.54) is 0 Å². The summed E-state index contributed by atoms with van der Waals surface area (Å²) in [6, 6.07) is 7.29. The Hall–Kier alpha value is -2.05. The summed E-state index contributed by atoms with van der Waals surface area (Å²) in [5.74, 6) is 0.642. The van der Waals surface area contributed by atoms with Crippen LogP contribution in [0.5, 0.6) is 5.75 Å². The minimum absolute atomic E-state index is 0.0125. The van der Waals surface area contributed by atoms with Gasteiger partial charge in [-0.05, 0) is 12.1 Å². The zero-order chi connectivity index (χ0) is 16.2. The summed E-state index contributed by atoms with van der Waals surface area (Å²) in [6.45, 7) is 0.885. The van der Waals surface area contributed by atoms with Crippen molar-refractivity contribution in [1.29, 1.82) is 0 Å². The van der Waals surface area contributed by atoms with Gasteiger partial charge < -0.3 is 9.64 Å². The van der Waals surface area contributed by atoms with Crippen molar-refractivity contribution in [1.82, 2.24) is 14.3 Å². The first kappa shape index (κ1) is 15.8. The van der Waals surface area contributed by atoms with Gasteiger partial charge in [-0.15, -0.1) is 11.3 Å². The lowest BCUT2D eigenvalue weighted by atomic mass is 10.3. The maximum Gasteiger partial charge on any atom is 0.228 e. The van der Waals surface area contributed by atoms with Crippen molar-refractivity contribution in [2.45, 2.75) is 6.42 Å². The summed E-state index contributed by atoms with van der Waals surface area (Å²) in [6.07, 6.45) is 4.11. The van der Waals surface area contributed by atoms with E-state index in [0.29, 0.717) is 23.9 Å². The summed E-state index contributed by atoms with van der Waals surface area (Å²) in [5, 5.41) is 2.53. The average Bonchev–Trinajstić information content (AvgIpc) is 3.10. The van der Waals surface area contributed by atoms with Gasteiger partial charge >= 0.3 is 0 Å². The number of carbonyl (C=O) groups excluding carboxylic acids is 1. The molecule has 0 atom stereocenters. The number of halogens is 1. The standard InChI is InChI=1S/C16H16ClN3O2S/c1-19(6-8-22-14-5-3-2-4-13(14)17)15(21)10-12-11-20-7-9-23-16(20)18-12/h2-5,7,9,11H,6,8,10H2,1H3. The molecule has 2 heterocycles. The molecule has 0 N–H and O–H groups in total. The molecule has 0 aliphatic carbocycles. The second-order valence-electron chi connectivity index (χ2n) is 5.10. The highest BCUT2D eigenvalue weighted by atomic mass is 35.5. The molecule has 0 fully saturated rings. The zero-order valence-electron chi connectivity index (χ0n) is 12.6. The number of hydrogen-bond donors (Lipinski definition) is 0. The van der Waals surface area contributed by atoms with E-state index in [2.05, 4.69) is 4.98 Å². The number of likely N-dealkylation sites (N-methyl/N-ethyl adjacent to an activating group) is 1. The van der Waals surface area contributed by atoms with Gasteiger partial charge in [0.05, 0.1) is 23.7 Å². The van der Waals surface area contributed by atoms with Crippen LogP contribution in [0.2, 0.25) is 5.02 Å². The molecule has 23 heavy (non-hydrogen) atoms. The zero-order valence-corrected chi connectivity index (χ0v) is 14.2. The number of nitrogens with zero attached hydrogens (tertiary/aromatic N) is 3. The van der Waals surface area contributed by atoms with E-state index in [0.717, 1.165) is 10.7 Å². The van der Waals surface area contributed by atoms with Gasteiger partial charge in [-0.1, -0.05) is 23.7 Å². The lowest BCUT2D eigenvalue weighted by Gasteiger charge is -2.17. The SMILES string of the molecule is CN(CCOc1ccccc1Cl)C(=O)Cc1cn2ccsc2n1. The van der Waals surface area contributed by atoms with E-state index in [1.807, 2.05) is 40.4 Å². The Morgan fingerprint density at radius 2 is 2.26 bits per heavy atom. The van der Waals surface area contributed by atoms with E-state index in [-0.39, 0.29) is 12.3 Å². The predicted octanol–water partition coefficient (Wildman–Crippen LogP) is 3.13. The Morgan fingerprint density at radius 3 is 3.04 bits per heavy atom. The predicted molar refractivity (Wildman–Crippen MR) is 91.4 cm³/mol. The minimum atomic E-state index is 0.0125.